The highest BCUT2D eigenvalue weighted by atomic mass is 35.5. The van der Waals surface area contributed by atoms with Crippen LogP contribution in [0.3, 0.4) is 0 Å². The Morgan fingerprint density at radius 1 is 0.962 bits per heavy atom. The van der Waals surface area contributed by atoms with Gasteiger partial charge in [0.25, 0.3) is 0 Å². The predicted molar refractivity (Wildman–Crippen MR) is 104 cm³/mol. The molecule has 0 atom stereocenters. The Labute approximate surface area is 159 Å². The summed E-state index contributed by atoms with van der Waals surface area (Å²) in [6, 6.07) is 14.4. The van der Waals surface area contributed by atoms with Crippen LogP contribution in [0.25, 0.3) is 16.8 Å². The van der Waals surface area contributed by atoms with Crippen molar-refractivity contribution in [2.75, 3.05) is 5.73 Å². The molecule has 0 aliphatic carbocycles. The van der Waals surface area contributed by atoms with E-state index in [-0.39, 0.29) is 0 Å². The van der Waals surface area contributed by atoms with Crippen LogP contribution in [-0.4, -0.2) is 14.6 Å². The van der Waals surface area contributed by atoms with E-state index in [1.165, 1.54) is 0 Å². The van der Waals surface area contributed by atoms with E-state index in [4.69, 9.17) is 33.7 Å². The number of hydrogen-bond donors (Lipinski definition) is 1. The fourth-order valence-electron chi connectivity index (χ4n) is 2.70. The number of pyridine rings is 1. The predicted octanol–water partition coefficient (Wildman–Crippen LogP) is 5.39. The fourth-order valence-corrected chi connectivity index (χ4v) is 3.15. The second kappa shape index (κ2) is 6.52. The molecule has 2 aromatic carbocycles. The number of hydrogen-bond acceptors (Lipinski definition) is 4. The zero-order valence-corrected chi connectivity index (χ0v) is 15.3. The van der Waals surface area contributed by atoms with E-state index in [0.29, 0.717) is 27.2 Å². The van der Waals surface area contributed by atoms with Gasteiger partial charge in [-0.25, -0.2) is 0 Å². The first kappa shape index (κ1) is 16.7. The normalized spacial score (nSPS) is 11.0. The van der Waals surface area contributed by atoms with Crippen LogP contribution in [-0.2, 0) is 0 Å². The third kappa shape index (κ3) is 3.07. The molecule has 5 nitrogen and oxygen atoms in total. The van der Waals surface area contributed by atoms with Crippen LogP contribution < -0.4 is 10.5 Å². The van der Waals surface area contributed by atoms with Gasteiger partial charge in [0, 0.05) is 28.0 Å². The molecular weight excluding hydrogens is 371 g/mol. The highest BCUT2D eigenvalue weighted by molar-refractivity contribution is 6.35. The number of halogens is 2. The lowest BCUT2D eigenvalue weighted by Crippen LogP contribution is -1.94. The second-order valence-corrected chi connectivity index (χ2v) is 6.67. The van der Waals surface area contributed by atoms with Gasteiger partial charge in [-0.1, -0.05) is 23.2 Å². The van der Waals surface area contributed by atoms with Crippen molar-refractivity contribution in [2.45, 2.75) is 6.92 Å². The molecule has 26 heavy (non-hydrogen) atoms. The number of nitrogen functional groups attached to an aromatic ring is 1. The van der Waals surface area contributed by atoms with E-state index in [0.717, 1.165) is 22.6 Å². The Hall–Kier alpha value is -2.76. The van der Waals surface area contributed by atoms with Crippen molar-refractivity contribution in [1.82, 2.24) is 14.6 Å². The van der Waals surface area contributed by atoms with E-state index < -0.39 is 0 Å². The number of nitrogens with two attached hydrogens (primary N) is 1. The summed E-state index contributed by atoms with van der Waals surface area (Å²) in [5, 5.41) is 9.18. The molecular formula is C19H14Cl2N4O. The highest BCUT2D eigenvalue weighted by Gasteiger charge is 2.12. The van der Waals surface area contributed by atoms with Crippen LogP contribution >= 0.6 is 23.2 Å². The Kier molecular flexibility index (Phi) is 4.18. The van der Waals surface area contributed by atoms with Gasteiger partial charge < -0.3 is 10.5 Å². The van der Waals surface area contributed by atoms with Gasteiger partial charge in [0.15, 0.2) is 5.65 Å². The molecule has 0 aliphatic rings. The van der Waals surface area contributed by atoms with E-state index in [9.17, 15) is 0 Å². The summed E-state index contributed by atoms with van der Waals surface area (Å²) in [5.41, 5.74) is 9.17. The first-order valence-electron chi connectivity index (χ1n) is 7.85. The second-order valence-electron chi connectivity index (χ2n) is 5.83. The lowest BCUT2D eigenvalue weighted by molar-refractivity contribution is 0.485. The molecule has 4 rings (SSSR count). The van der Waals surface area contributed by atoms with Crippen molar-refractivity contribution in [2.24, 2.45) is 0 Å². The highest BCUT2D eigenvalue weighted by Crippen LogP contribution is 2.38. The summed E-state index contributed by atoms with van der Waals surface area (Å²) in [4.78, 5) is 0. The SMILES string of the molecule is Cc1nnc2ccc(-c3cc(N)ccc3Oc3ccc(Cl)cc3Cl)cn12. The lowest BCUT2D eigenvalue weighted by atomic mass is 10.1. The first-order valence-corrected chi connectivity index (χ1v) is 8.61. The van der Waals surface area contributed by atoms with E-state index >= 15 is 0 Å². The Morgan fingerprint density at radius 2 is 1.77 bits per heavy atom. The van der Waals surface area contributed by atoms with Crippen molar-refractivity contribution in [1.29, 1.82) is 0 Å². The van der Waals surface area contributed by atoms with Crippen molar-refractivity contribution in [3.63, 3.8) is 0 Å². The molecule has 0 fully saturated rings. The van der Waals surface area contributed by atoms with E-state index in [2.05, 4.69) is 10.2 Å². The largest absolute Gasteiger partial charge is 0.455 e. The first-order chi connectivity index (χ1) is 12.5. The fraction of sp³-hybridized carbons (Fsp3) is 0.0526. The molecule has 4 aromatic rings. The number of benzene rings is 2. The van der Waals surface area contributed by atoms with Gasteiger partial charge in [-0.3, -0.25) is 4.40 Å². The number of rotatable bonds is 3. The van der Waals surface area contributed by atoms with Crippen LogP contribution in [0.2, 0.25) is 10.0 Å². The number of ether oxygens (including phenoxy) is 1. The van der Waals surface area contributed by atoms with E-state index in [1.54, 1.807) is 24.3 Å². The molecule has 0 saturated heterocycles. The summed E-state index contributed by atoms with van der Waals surface area (Å²) in [6.07, 6.45) is 1.95. The Balaban J connectivity index is 1.82. The number of fused-ring (bicyclic) bond motifs is 1. The van der Waals surface area contributed by atoms with Gasteiger partial charge in [-0.2, -0.15) is 0 Å². The third-order valence-electron chi connectivity index (χ3n) is 4.00. The van der Waals surface area contributed by atoms with Crippen molar-refractivity contribution in [3.8, 4) is 22.6 Å². The molecule has 0 spiro atoms. The van der Waals surface area contributed by atoms with Crippen molar-refractivity contribution < 1.29 is 4.74 Å². The smallest absolute Gasteiger partial charge is 0.160 e. The number of aryl methyl sites for hydroxylation is 1. The molecule has 0 saturated carbocycles. The number of anilines is 1. The monoisotopic (exact) mass is 384 g/mol. The molecule has 0 unspecified atom stereocenters. The van der Waals surface area contributed by atoms with Crippen LogP contribution in [0, 0.1) is 6.92 Å². The number of nitrogens with zero attached hydrogens (tertiary/aromatic N) is 3. The van der Waals surface area contributed by atoms with Gasteiger partial charge in [0.2, 0.25) is 0 Å². The molecule has 0 amide bonds. The van der Waals surface area contributed by atoms with Gasteiger partial charge in [-0.15, -0.1) is 10.2 Å². The standard InChI is InChI=1S/C19H14Cl2N4O/c1-11-23-24-19-7-2-12(10-25(11)19)15-9-14(22)4-6-17(15)26-18-5-3-13(20)8-16(18)21/h2-10H,22H2,1H3. The lowest BCUT2D eigenvalue weighted by Gasteiger charge is -2.14. The molecule has 0 bridgehead atoms. The number of aromatic nitrogens is 3. The van der Waals surface area contributed by atoms with Crippen LogP contribution in [0.15, 0.2) is 54.7 Å². The van der Waals surface area contributed by atoms with Crippen LogP contribution in [0.1, 0.15) is 5.82 Å². The van der Waals surface area contributed by atoms with Gasteiger partial charge in [0.05, 0.1) is 5.02 Å². The molecule has 2 N–H and O–H groups in total. The molecule has 0 radical (unpaired) electrons. The maximum Gasteiger partial charge on any atom is 0.160 e. The Morgan fingerprint density at radius 3 is 2.58 bits per heavy atom. The van der Waals surface area contributed by atoms with Crippen molar-refractivity contribution >= 4 is 34.5 Å². The average molecular weight is 385 g/mol. The van der Waals surface area contributed by atoms with Gasteiger partial charge in [-0.05, 0) is 55.5 Å². The zero-order chi connectivity index (χ0) is 18.3. The third-order valence-corrected chi connectivity index (χ3v) is 4.53. The summed E-state index contributed by atoms with van der Waals surface area (Å²) in [5.74, 6) is 1.95. The topological polar surface area (TPSA) is 65.4 Å². The van der Waals surface area contributed by atoms with Crippen LogP contribution in [0.4, 0.5) is 5.69 Å². The average Bonchev–Trinajstić information content (AvgIpc) is 2.99. The van der Waals surface area contributed by atoms with Gasteiger partial charge in [0.1, 0.15) is 17.3 Å². The minimum Gasteiger partial charge on any atom is -0.455 e. The summed E-state index contributed by atoms with van der Waals surface area (Å²) < 4.78 is 7.96. The summed E-state index contributed by atoms with van der Waals surface area (Å²) in [7, 11) is 0. The Bertz CT molecular complexity index is 1120. The zero-order valence-electron chi connectivity index (χ0n) is 13.8. The summed E-state index contributed by atoms with van der Waals surface area (Å²) in [6.45, 7) is 1.90. The molecule has 130 valence electrons. The van der Waals surface area contributed by atoms with E-state index in [1.807, 2.05) is 41.8 Å². The van der Waals surface area contributed by atoms with Crippen molar-refractivity contribution in [3.05, 3.63) is 70.6 Å². The minimum absolute atomic E-state index is 0.436. The maximum absolute atomic E-state index is 6.24. The van der Waals surface area contributed by atoms with Gasteiger partial charge >= 0.3 is 0 Å². The maximum atomic E-state index is 6.24. The molecule has 7 heteroatoms. The molecule has 0 aliphatic heterocycles. The molecule has 2 aromatic heterocycles. The summed E-state index contributed by atoms with van der Waals surface area (Å²) >= 11 is 12.2. The molecule has 2 heterocycles. The minimum atomic E-state index is 0.436. The quantitative estimate of drug-likeness (QED) is 0.481. The van der Waals surface area contributed by atoms with Crippen LogP contribution in [0.5, 0.6) is 11.5 Å².